The van der Waals surface area contributed by atoms with Gasteiger partial charge in [-0.25, -0.2) is 4.79 Å². The van der Waals surface area contributed by atoms with Gasteiger partial charge in [-0.1, -0.05) is 66.7 Å². The zero-order valence-electron chi connectivity index (χ0n) is 12.7. The normalized spacial score (nSPS) is 10.9. The van der Waals surface area contributed by atoms with Gasteiger partial charge < -0.3 is 4.42 Å². The molecule has 0 N–H and O–H groups in total. The van der Waals surface area contributed by atoms with E-state index in [0.717, 1.165) is 25.6 Å². The van der Waals surface area contributed by atoms with Crippen LogP contribution < -0.4 is 5.63 Å². The van der Waals surface area contributed by atoms with Gasteiger partial charge in [-0.2, -0.15) is 0 Å². The maximum atomic E-state index is 12.5. The molecule has 1 aromatic heterocycles. The zero-order valence-corrected chi connectivity index (χ0v) is 14.9. The van der Waals surface area contributed by atoms with Gasteiger partial charge in [0.1, 0.15) is 5.76 Å². The van der Waals surface area contributed by atoms with Crippen LogP contribution in [-0.2, 0) is 0 Å². The second-order valence-electron chi connectivity index (χ2n) is 5.52. The molecule has 0 saturated carbocycles. The lowest BCUT2D eigenvalue weighted by molar-refractivity contribution is 0.536. The highest BCUT2D eigenvalue weighted by Crippen LogP contribution is 2.36. The molecule has 0 fully saturated rings. The van der Waals surface area contributed by atoms with Gasteiger partial charge in [0.05, 0.1) is 5.39 Å². The Bertz CT molecular complexity index is 1070. The van der Waals surface area contributed by atoms with Gasteiger partial charge in [-0.3, -0.25) is 0 Å². The zero-order chi connectivity index (χ0) is 16.5. The van der Waals surface area contributed by atoms with Crippen LogP contribution in [0, 0.1) is 3.57 Å². The molecule has 3 aromatic carbocycles. The van der Waals surface area contributed by atoms with Gasteiger partial charge >= 0.3 is 5.63 Å². The van der Waals surface area contributed by atoms with Crippen molar-refractivity contribution in [3.63, 3.8) is 0 Å². The SMILES string of the molecule is O=c1oc(-c2ccccc2)c(-c2ccccc2)c2ccc(I)cc12. The van der Waals surface area contributed by atoms with E-state index in [2.05, 4.69) is 22.6 Å². The number of fused-ring (bicyclic) bond motifs is 1. The van der Waals surface area contributed by atoms with Gasteiger partial charge in [0, 0.05) is 20.1 Å². The Balaban J connectivity index is 2.16. The van der Waals surface area contributed by atoms with Crippen molar-refractivity contribution in [2.24, 2.45) is 0 Å². The van der Waals surface area contributed by atoms with Gasteiger partial charge in [0.15, 0.2) is 0 Å². The molecule has 116 valence electrons. The molecule has 0 aliphatic carbocycles. The molecule has 0 radical (unpaired) electrons. The van der Waals surface area contributed by atoms with E-state index in [0.29, 0.717) is 11.1 Å². The van der Waals surface area contributed by atoms with Crippen molar-refractivity contribution >= 4 is 33.4 Å². The summed E-state index contributed by atoms with van der Waals surface area (Å²) >= 11 is 2.21. The maximum Gasteiger partial charge on any atom is 0.344 e. The molecule has 0 aliphatic rings. The predicted molar refractivity (Wildman–Crippen MR) is 106 cm³/mol. The molecule has 0 aliphatic heterocycles. The minimum absolute atomic E-state index is 0.304. The van der Waals surface area contributed by atoms with Crippen LogP contribution in [-0.4, -0.2) is 0 Å². The van der Waals surface area contributed by atoms with E-state index in [9.17, 15) is 4.79 Å². The monoisotopic (exact) mass is 424 g/mol. The summed E-state index contributed by atoms with van der Waals surface area (Å²) < 4.78 is 6.77. The van der Waals surface area contributed by atoms with E-state index in [1.165, 1.54) is 0 Å². The van der Waals surface area contributed by atoms with Gasteiger partial charge in [0.25, 0.3) is 0 Å². The largest absolute Gasteiger partial charge is 0.422 e. The van der Waals surface area contributed by atoms with Crippen molar-refractivity contribution in [1.29, 1.82) is 0 Å². The molecule has 1 heterocycles. The third-order valence-corrected chi connectivity index (χ3v) is 4.66. The fraction of sp³-hybridized carbons (Fsp3) is 0. The average Bonchev–Trinajstić information content (AvgIpc) is 2.63. The summed E-state index contributed by atoms with van der Waals surface area (Å²) in [5.74, 6) is 0.612. The second kappa shape index (κ2) is 6.24. The maximum absolute atomic E-state index is 12.5. The lowest BCUT2D eigenvalue weighted by Gasteiger charge is -2.12. The van der Waals surface area contributed by atoms with Crippen LogP contribution in [0.15, 0.2) is 88.1 Å². The molecule has 24 heavy (non-hydrogen) atoms. The van der Waals surface area contributed by atoms with E-state index >= 15 is 0 Å². The Morgan fingerprint density at radius 1 is 0.708 bits per heavy atom. The summed E-state index contributed by atoms with van der Waals surface area (Å²) in [5.41, 5.74) is 2.58. The lowest BCUT2D eigenvalue weighted by atomic mass is 9.95. The van der Waals surface area contributed by atoms with Crippen LogP contribution in [0.5, 0.6) is 0 Å². The number of hydrogen-bond donors (Lipinski definition) is 0. The molecule has 0 spiro atoms. The van der Waals surface area contributed by atoms with E-state index in [1.54, 1.807) is 0 Å². The molecule has 4 rings (SSSR count). The smallest absolute Gasteiger partial charge is 0.344 e. The number of hydrogen-bond acceptors (Lipinski definition) is 2. The van der Waals surface area contributed by atoms with Crippen LogP contribution in [0.2, 0.25) is 0 Å². The third-order valence-electron chi connectivity index (χ3n) is 3.99. The summed E-state index contributed by atoms with van der Waals surface area (Å²) in [5, 5.41) is 1.53. The molecular weight excluding hydrogens is 411 g/mol. The Morgan fingerprint density at radius 3 is 2.00 bits per heavy atom. The summed E-state index contributed by atoms with van der Waals surface area (Å²) in [7, 11) is 0. The quantitative estimate of drug-likeness (QED) is 0.385. The van der Waals surface area contributed by atoms with Crippen molar-refractivity contribution in [2.75, 3.05) is 0 Å². The summed E-state index contributed by atoms with van der Waals surface area (Å²) in [6, 6.07) is 25.7. The Morgan fingerprint density at radius 2 is 1.33 bits per heavy atom. The highest BCUT2D eigenvalue weighted by molar-refractivity contribution is 14.1. The number of halogens is 1. The summed E-state index contributed by atoms with van der Waals surface area (Å²) in [6.07, 6.45) is 0. The fourth-order valence-corrected chi connectivity index (χ4v) is 3.40. The third kappa shape index (κ3) is 2.65. The molecule has 3 heteroatoms. The summed E-state index contributed by atoms with van der Waals surface area (Å²) in [6.45, 7) is 0. The molecule has 0 bridgehead atoms. The van der Waals surface area contributed by atoms with Crippen molar-refractivity contribution in [2.45, 2.75) is 0 Å². The topological polar surface area (TPSA) is 30.2 Å². The second-order valence-corrected chi connectivity index (χ2v) is 6.76. The molecular formula is C21H13IO2. The minimum atomic E-state index is -0.304. The lowest BCUT2D eigenvalue weighted by Crippen LogP contribution is -2.03. The molecule has 0 atom stereocenters. The highest BCUT2D eigenvalue weighted by atomic mass is 127. The van der Waals surface area contributed by atoms with E-state index < -0.39 is 0 Å². The molecule has 2 nitrogen and oxygen atoms in total. The van der Waals surface area contributed by atoms with Crippen molar-refractivity contribution < 1.29 is 4.42 Å². The Kier molecular flexibility index (Phi) is 3.94. The first kappa shape index (κ1) is 15.1. The van der Waals surface area contributed by atoms with Crippen molar-refractivity contribution in [3.8, 4) is 22.5 Å². The van der Waals surface area contributed by atoms with Crippen LogP contribution in [0.1, 0.15) is 0 Å². The van der Waals surface area contributed by atoms with Crippen LogP contribution in [0.25, 0.3) is 33.2 Å². The van der Waals surface area contributed by atoms with Crippen molar-refractivity contribution in [1.82, 2.24) is 0 Å². The van der Waals surface area contributed by atoms with Crippen molar-refractivity contribution in [3.05, 3.63) is 92.9 Å². The molecule has 4 aromatic rings. The number of rotatable bonds is 2. The first-order valence-electron chi connectivity index (χ1n) is 7.61. The fourth-order valence-electron chi connectivity index (χ4n) is 2.91. The minimum Gasteiger partial charge on any atom is -0.422 e. The first-order valence-corrected chi connectivity index (χ1v) is 8.69. The van der Waals surface area contributed by atoms with Gasteiger partial charge in [-0.15, -0.1) is 0 Å². The standard InChI is InChI=1S/C21H13IO2/c22-16-11-12-17-18(13-16)21(23)24-20(15-9-5-2-6-10-15)19(17)14-7-3-1-4-8-14/h1-13H. The van der Waals surface area contributed by atoms with E-state index in [-0.39, 0.29) is 5.63 Å². The Hall–Kier alpha value is -2.40. The molecule has 0 amide bonds. The predicted octanol–water partition coefficient (Wildman–Crippen LogP) is 5.73. The molecule has 0 saturated heterocycles. The molecule has 0 unspecified atom stereocenters. The number of benzene rings is 3. The van der Waals surface area contributed by atoms with E-state index in [1.807, 2.05) is 78.9 Å². The van der Waals surface area contributed by atoms with Crippen LogP contribution in [0.4, 0.5) is 0 Å². The van der Waals surface area contributed by atoms with Crippen LogP contribution >= 0.6 is 22.6 Å². The van der Waals surface area contributed by atoms with E-state index in [4.69, 9.17) is 4.42 Å². The van der Waals surface area contributed by atoms with Crippen LogP contribution in [0.3, 0.4) is 0 Å². The van der Waals surface area contributed by atoms with Gasteiger partial charge in [-0.05, 0) is 40.3 Å². The average molecular weight is 424 g/mol. The van der Waals surface area contributed by atoms with Gasteiger partial charge in [0.2, 0.25) is 0 Å². The Labute approximate surface area is 152 Å². The summed E-state index contributed by atoms with van der Waals surface area (Å²) in [4.78, 5) is 12.5. The first-order chi connectivity index (χ1) is 11.7. The highest BCUT2D eigenvalue weighted by Gasteiger charge is 2.17.